The van der Waals surface area contributed by atoms with Crippen molar-refractivity contribution in [3.8, 4) is 17.2 Å². The number of phenols is 1. The molecule has 5 aromatic rings. The van der Waals surface area contributed by atoms with Crippen molar-refractivity contribution in [1.82, 2.24) is 4.98 Å². The molecule has 11 heteroatoms. The van der Waals surface area contributed by atoms with Gasteiger partial charge in [-0.25, -0.2) is 4.98 Å². The summed E-state index contributed by atoms with van der Waals surface area (Å²) in [7, 11) is 2.88. The molecule has 1 atom stereocenters. The van der Waals surface area contributed by atoms with Gasteiger partial charge in [-0.1, -0.05) is 29.5 Å². The zero-order valence-corrected chi connectivity index (χ0v) is 23.8. The average Bonchev–Trinajstić information content (AvgIpc) is 3.63. The van der Waals surface area contributed by atoms with E-state index in [2.05, 4.69) is 20.9 Å². The number of phenolic OH excluding ortho intramolecular Hbond substituents is 1. The summed E-state index contributed by atoms with van der Waals surface area (Å²) in [6, 6.07) is 14.5. The van der Waals surface area contributed by atoms with Crippen molar-refractivity contribution < 1.29 is 33.7 Å². The number of methoxy groups -OCH3 is 2. The standard InChI is InChI=1S/C29H21BrN2O7S/c1-13-7-8-17-21(9-13)40-29(31-17)32-23(15-10-16(30)24(33)19(12-15)38-3)22(26(35)28(32)36)25(34)20-11-14-5-4-6-18(37-2)27(14)39-20/h4-12,23,33,35H,1-3H3. The number of ketones is 1. The number of para-hydroxylation sites is 1. The maximum Gasteiger partial charge on any atom is 0.296 e. The summed E-state index contributed by atoms with van der Waals surface area (Å²) in [5.74, 6) is -1.87. The second kappa shape index (κ2) is 9.68. The number of nitrogens with zero attached hydrogens (tertiary/aromatic N) is 2. The smallest absolute Gasteiger partial charge is 0.296 e. The van der Waals surface area contributed by atoms with Crippen molar-refractivity contribution in [2.45, 2.75) is 13.0 Å². The average molecular weight is 621 g/mol. The number of amides is 1. The second-order valence-electron chi connectivity index (χ2n) is 9.18. The number of rotatable bonds is 6. The number of halogens is 1. The Balaban J connectivity index is 1.55. The first kappa shape index (κ1) is 25.9. The number of furan rings is 1. The van der Waals surface area contributed by atoms with E-state index in [1.54, 1.807) is 30.3 Å². The highest BCUT2D eigenvalue weighted by Gasteiger charge is 2.47. The number of aromatic hydroxyl groups is 1. The van der Waals surface area contributed by atoms with Crippen molar-refractivity contribution in [1.29, 1.82) is 0 Å². The Morgan fingerprint density at radius 3 is 2.60 bits per heavy atom. The third-order valence-corrected chi connectivity index (χ3v) is 8.35. The van der Waals surface area contributed by atoms with Crippen LogP contribution in [0.3, 0.4) is 0 Å². The van der Waals surface area contributed by atoms with Crippen molar-refractivity contribution >= 4 is 65.3 Å². The van der Waals surface area contributed by atoms with Gasteiger partial charge < -0.3 is 24.1 Å². The van der Waals surface area contributed by atoms with E-state index in [9.17, 15) is 19.8 Å². The Morgan fingerprint density at radius 1 is 1.07 bits per heavy atom. The molecule has 0 bridgehead atoms. The summed E-state index contributed by atoms with van der Waals surface area (Å²) in [6.45, 7) is 1.95. The first-order valence-electron chi connectivity index (χ1n) is 12.0. The summed E-state index contributed by atoms with van der Waals surface area (Å²) < 4.78 is 17.7. The number of Topliss-reactive ketones (excluding diaryl/α,β-unsaturated/α-hetero) is 1. The highest BCUT2D eigenvalue weighted by atomic mass is 79.9. The molecule has 1 aliphatic heterocycles. The van der Waals surface area contributed by atoms with E-state index in [0.717, 1.165) is 10.3 Å². The second-order valence-corrected chi connectivity index (χ2v) is 11.0. The minimum atomic E-state index is -1.11. The van der Waals surface area contributed by atoms with E-state index in [1.165, 1.54) is 36.5 Å². The maximum absolute atomic E-state index is 14.0. The van der Waals surface area contributed by atoms with Crippen LogP contribution < -0.4 is 14.4 Å². The number of thiazole rings is 1. The number of aryl methyl sites for hydroxylation is 1. The molecule has 2 aromatic heterocycles. The lowest BCUT2D eigenvalue weighted by molar-refractivity contribution is -0.117. The number of ether oxygens (including phenoxy) is 2. The van der Waals surface area contributed by atoms with Crippen LogP contribution in [0.15, 0.2) is 74.8 Å². The molecule has 1 unspecified atom stereocenters. The fourth-order valence-electron chi connectivity index (χ4n) is 4.82. The molecular weight excluding hydrogens is 600 g/mol. The Morgan fingerprint density at radius 2 is 1.85 bits per heavy atom. The molecule has 0 radical (unpaired) electrons. The van der Waals surface area contributed by atoms with Gasteiger partial charge in [-0.2, -0.15) is 0 Å². The van der Waals surface area contributed by atoms with Crippen LogP contribution in [0.5, 0.6) is 17.2 Å². The van der Waals surface area contributed by atoms with Crippen molar-refractivity contribution in [3.05, 3.63) is 87.3 Å². The van der Waals surface area contributed by atoms with Gasteiger partial charge in [0, 0.05) is 5.39 Å². The van der Waals surface area contributed by atoms with Gasteiger partial charge in [-0.15, -0.1) is 0 Å². The Hall–Kier alpha value is -4.35. The van der Waals surface area contributed by atoms with Crippen LogP contribution in [0.25, 0.3) is 21.2 Å². The Kier molecular flexibility index (Phi) is 6.27. The van der Waals surface area contributed by atoms with Crippen LogP contribution in [0, 0.1) is 6.92 Å². The number of aliphatic hydroxyl groups excluding tert-OH is 1. The molecule has 1 amide bonds. The van der Waals surface area contributed by atoms with Gasteiger partial charge in [0.05, 0.1) is 40.5 Å². The topological polar surface area (TPSA) is 122 Å². The normalized spacial score (nSPS) is 15.4. The lowest BCUT2D eigenvalue weighted by atomic mass is 9.95. The van der Waals surface area contributed by atoms with Gasteiger partial charge >= 0.3 is 0 Å². The van der Waals surface area contributed by atoms with Crippen LogP contribution in [0.2, 0.25) is 0 Å². The summed E-state index contributed by atoms with van der Waals surface area (Å²) in [6.07, 6.45) is 0. The molecule has 0 fully saturated rings. The van der Waals surface area contributed by atoms with E-state index < -0.39 is 23.5 Å². The maximum atomic E-state index is 14.0. The Bertz CT molecular complexity index is 1890. The molecule has 0 saturated carbocycles. The number of aromatic nitrogens is 1. The molecule has 202 valence electrons. The minimum absolute atomic E-state index is 0.0783. The molecule has 3 aromatic carbocycles. The van der Waals surface area contributed by atoms with Crippen LogP contribution in [-0.4, -0.2) is 41.1 Å². The molecular formula is C29H21BrN2O7S. The fraction of sp³-hybridized carbons (Fsp3) is 0.138. The number of fused-ring (bicyclic) bond motifs is 2. The third kappa shape index (κ3) is 4.00. The van der Waals surface area contributed by atoms with Gasteiger partial charge in [0.15, 0.2) is 39.5 Å². The molecule has 3 heterocycles. The largest absolute Gasteiger partial charge is 0.503 e. The molecule has 1 aliphatic rings. The van der Waals surface area contributed by atoms with Crippen molar-refractivity contribution in [2.75, 3.05) is 19.1 Å². The number of benzene rings is 3. The number of carbonyl (C=O) groups excluding carboxylic acids is 2. The molecule has 6 rings (SSSR count). The van der Waals surface area contributed by atoms with Crippen LogP contribution in [-0.2, 0) is 4.79 Å². The van der Waals surface area contributed by atoms with E-state index in [-0.39, 0.29) is 27.3 Å². The summed E-state index contributed by atoms with van der Waals surface area (Å²) in [5.41, 5.74) is 2.26. The zero-order chi connectivity index (χ0) is 28.3. The highest BCUT2D eigenvalue weighted by Crippen LogP contribution is 2.47. The first-order valence-corrected chi connectivity index (χ1v) is 13.6. The summed E-state index contributed by atoms with van der Waals surface area (Å²) >= 11 is 4.59. The molecule has 40 heavy (non-hydrogen) atoms. The number of carbonyl (C=O) groups is 2. The molecule has 0 saturated heterocycles. The van der Waals surface area contributed by atoms with Gasteiger partial charge in [0.1, 0.15) is 0 Å². The summed E-state index contributed by atoms with van der Waals surface area (Å²) in [4.78, 5) is 33.6. The first-order chi connectivity index (χ1) is 19.2. The van der Waals surface area contributed by atoms with Crippen LogP contribution in [0.4, 0.5) is 5.13 Å². The van der Waals surface area contributed by atoms with Crippen molar-refractivity contribution in [2.24, 2.45) is 0 Å². The lowest BCUT2D eigenvalue weighted by Crippen LogP contribution is -2.31. The molecule has 0 spiro atoms. The van der Waals surface area contributed by atoms with Gasteiger partial charge in [0.2, 0.25) is 5.78 Å². The zero-order valence-electron chi connectivity index (χ0n) is 21.4. The predicted molar refractivity (Wildman–Crippen MR) is 154 cm³/mol. The van der Waals surface area contributed by atoms with Gasteiger partial charge in [-0.05, 0) is 70.4 Å². The number of anilines is 1. The number of hydrogen-bond acceptors (Lipinski definition) is 9. The molecule has 2 N–H and O–H groups in total. The quantitative estimate of drug-likeness (QED) is 0.203. The molecule has 0 aliphatic carbocycles. The van der Waals surface area contributed by atoms with E-state index in [0.29, 0.717) is 32.9 Å². The minimum Gasteiger partial charge on any atom is -0.503 e. The van der Waals surface area contributed by atoms with E-state index in [4.69, 9.17) is 13.9 Å². The predicted octanol–water partition coefficient (Wildman–Crippen LogP) is 6.62. The van der Waals surface area contributed by atoms with Crippen LogP contribution in [0.1, 0.15) is 27.7 Å². The molecule has 9 nitrogen and oxygen atoms in total. The summed E-state index contributed by atoms with van der Waals surface area (Å²) in [5, 5.41) is 22.5. The van der Waals surface area contributed by atoms with E-state index >= 15 is 0 Å². The number of aliphatic hydroxyl groups is 1. The van der Waals surface area contributed by atoms with Gasteiger partial charge in [0.25, 0.3) is 5.91 Å². The third-order valence-electron chi connectivity index (χ3n) is 6.73. The van der Waals surface area contributed by atoms with Crippen LogP contribution >= 0.6 is 27.3 Å². The van der Waals surface area contributed by atoms with Crippen molar-refractivity contribution in [3.63, 3.8) is 0 Å². The number of hydrogen-bond donors (Lipinski definition) is 2. The van der Waals surface area contributed by atoms with E-state index in [1.807, 2.05) is 25.1 Å². The highest BCUT2D eigenvalue weighted by molar-refractivity contribution is 9.10. The lowest BCUT2D eigenvalue weighted by Gasteiger charge is -2.25. The SMILES string of the molecule is COc1cc(C2C(C(=O)c3cc4cccc(OC)c4o3)=C(O)C(=O)N2c2nc3ccc(C)cc3s2)cc(Br)c1O. The Labute approximate surface area is 240 Å². The fourth-order valence-corrected chi connectivity index (χ4v) is 6.37. The van der Waals surface area contributed by atoms with Gasteiger partial charge in [-0.3, -0.25) is 14.5 Å². The monoisotopic (exact) mass is 620 g/mol.